The van der Waals surface area contributed by atoms with Gasteiger partial charge < -0.3 is 20.2 Å². The molecule has 0 fully saturated rings. The number of sulfonamides is 1. The molecule has 1 aliphatic heterocycles. The van der Waals surface area contributed by atoms with Crippen LogP contribution in [0.2, 0.25) is 0 Å². The molecule has 0 spiro atoms. The number of nitrogens with zero attached hydrogens (tertiary/aromatic N) is 4. The molecular formula is C40H40F3N7O6S4. The van der Waals surface area contributed by atoms with E-state index in [0.29, 0.717) is 52.7 Å². The summed E-state index contributed by atoms with van der Waals surface area (Å²) in [5.74, 6) is -0.332. The Morgan fingerprint density at radius 1 is 0.950 bits per heavy atom. The smallest absolute Gasteiger partial charge is 0.384 e. The fourth-order valence-corrected chi connectivity index (χ4v) is 10.8. The number of aliphatic hydroxyl groups excluding tert-OH is 1. The van der Waals surface area contributed by atoms with Crippen molar-refractivity contribution in [3.05, 3.63) is 124 Å². The Morgan fingerprint density at radius 3 is 2.43 bits per heavy atom. The second kappa shape index (κ2) is 17.6. The van der Waals surface area contributed by atoms with Crippen LogP contribution in [0.15, 0.2) is 101 Å². The van der Waals surface area contributed by atoms with Crippen LogP contribution in [-0.2, 0) is 39.2 Å². The number of aliphatic hydroxyl groups is 1. The molecule has 1 aliphatic rings. The summed E-state index contributed by atoms with van der Waals surface area (Å²) in [6, 6.07) is 24.6. The summed E-state index contributed by atoms with van der Waals surface area (Å²) < 4.78 is 97.4. The lowest BCUT2D eigenvalue weighted by atomic mass is 9.94. The highest BCUT2D eigenvalue weighted by molar-refractivity contribution is 7.92. The van der Waals surface area contributed by atoms with Crippen LogP contribution < -0.4 is 20.3 Å². The number of thiazole rings is 2. The number of fused-ring (bicyclic) bond motifs is 2. The molecule has 0 radical (unpaired) electrons. The van der Waals surface area contributed by atoms with Crippen LogP contribution in [0.3, 0.4) is 0 Å². The van der Waals surface area contributed by atoms with Crippen molar-refractivity contribution in [1.29, 1.82) is 0 Å². The summed E-state index contributed by atoms with van der Waals surface area (Å²) in [6.45, 7) is 1.42. The Bertz CT molecular complexity index is 2710. The summed E-state index contributed by atoms with van der Waals surface area (Å²) in [5, 5.41) is 18.0. The van der Waals surface area contributed by atoms with E-state index in [1.165, 1.54) is 22.7 Å². The van der Waals surface area contributed by atoms with Crippen molar-refractivity contribution in [2.45, 2.75) is 47.3 Å². The molecule has 0 saturated carbocycles. The largest absolute Gasteiger partial charge is 0.501 e. The fraction of sp³-hybridized carbons (Fsp3) is 0.275. The van der Waals surface area contributed by atoms with Gasteiger partial charge in [-0.1, -0.05) is 65.9 Å². The Hall–Kier alpha value is -4.96. The second-order valence-corrected chi connectivity index (χ2v) is 20.0. The number of carbonyl (C=O) groups excluding carboxylic acids is 1. The molecule has 316 valence electrons. The molecule has 0 aliphatic carbocycles. The number of amides is 1. The first-order valence-corrected chi connectivity index (χ1v) is 23.2. The van der Waals surface area contributed by atoms with Crippen molar-refractivity contribution in [3.8, 4) is 0 Å². The van der Waals surface area contributed by atoms with Gasteiger partial charge >= 0.3 is 5.51 Å². The van der Waals surface area contributed by atoms with E-state index in [1.807, 2.05) is 76.5 Å². The Labute approximate surface area is 352 Å². The predicted octanol–water partition coefficient (Wildman–Crippen LogP) is 6.79. The molecular weight excluding hydrogens is 860 g/mol. The quantitative estimate of drug-likeness (QED) is 0.0632. The lowest BCUT2D eigenvalue weighted by Gasteiger charge is -2.29. The number of hydrogen-bond acceptors (Lipinski definition) is 13. The number of nitrogens with one attached hydrogen (secondary N) is 3. The minimum absolute atomic E-state index is 0.0441. The van der Waals surface area contributed by atoms with E-state index in [-0.39, 0.29) is 31.1 Å². The highest BCUT2D eigenvalue weighted by Gasteiger charge is 2.48. The monoisotopic (exact) mass is 899 g/mol. The lowest BCUT2D eigenvalue weighted by molar-refractivity contribution is -0.0435. The maximum absolute atomic E-state index is 13.8. The van der Waals surface area contributed by atoms with Crippen molar-refractivity contribution in [1.82, 2.24) is 19.6 Å². The standard InChI is InChI=1S/C40H40F3N7O6S4/c1-49(2)20-9-19-44-31-17-16-27(23-34(31)59(53,54)40(41,42)43)60(55,56)48-37(52)35-33(22-25-10-4-3-5-11-25)58-39(46-35)50-21-18-26-12-8-13-28(29(26)24-50)36(51)47-38-45-30-14-6-7-15-32(30)57-38/h3-8,10-17,23,37,44,48,52H,9,18-22,24H2,1-2H3,(H,45,47,51). The normalized spacial score (nSPS) is 14.0. The second-order valence-electron chi connectivity index (χ2n) is 14.2. The molecule has 4 aromatic carbocycles. The van der Waals surface area contributed by atoms with Crippen molar-refractivity contribution in [3.63, 3.8) is 0 Å². The molecule has 7 rings (SSSR count). The fourth-order valence-electron chi connectivity index (χ4n) is 6.71. The van der Waals surface area contributed by atoms with Crippen molar-refractivity contribution >= 4 is 74.6 Å². The lowest BCUT2D eigenvalue weighted by Crippen LogP contribution is -2.32. The molecule has 3 heterocycles. The van der Waals surface area contributed by atoms with Crippen LogP contribution in [0.4, 0.5) is 29.1 Å². The molecule has 1 amide bonds. The zero-order valence-electron chi connectivity index (χ0n) is 32.2. The van der Waals surface area contributed by atoms with E-state index in [9.17, 15) is 39.9 Å². The summed E-state index contributed by atoms with van der Waals surface area (Å²) >= 11 is 2.58. The highest BCUT2D eigenvalue weighted by Crippen LogP contribution is 2.38. The van der Waals surface area contributed by atoms with Crippen molar-refractivity contribution < 1.29 is 39.9 Å². The van der Waals surface area contributed by atoms with Crippen LogP contribution >= 0.6 is 22.7 Å². The van der Waals surface area contributed by atoms with Gasteiger partial charge in [0.25, 0.3) is 15.7 Å². The van der Waals surface area contributed by atoms with Crippen molar-refractivity contribution in [2.24, 2.45) is 0 Å². The summed E-state index contributed by atoms with van der Waals surface area (Å²) in [5.41, 5.74) is -2.39. The van der Waals surface area contributed by atoms with E-state index in [0.717, 1.165) is 39.0 Å². The van der Waals surface area contributed by atoms with Crippen LogP contribution in [0, 0.1) is 0 Å². The van der Waals surface area contributed by atoms with Crippen LogP contribution in [-0.4, -0.2) is 82.0 Å². The number of halogens is 3. The minimum Gasteiger partial charge on any atom is -0.384 e. The van der Waals surface area contributed by atoms with Crippen LogP contribution in [0.5, 0.6) is 0 Å². The van der Waals surface area contributed by atoms with Gasteiger partial charge in [-0.15, -0.1) is 11.3 Å². The minimum atomic E-state index is -6.00. The summed E-state index contributed by atoms with van der Waals surface area (Å²) in [6.07, 6.45) is -0.731. The van der Waals surface area contributed by atoms with E-state index in [4.69, 9.17) is 4.98 Å². The highest BCUT2D eigenvalue weighted by atomic mass is 32.2. The van der Waals surface area contributed by atoms with Gasteiger partial charge in [-0.3, -0.25) is 10.1 Å². The third-order valence-corrected chi connectivity index (χ3v) is 14.7. The number of para-hydroxylation sites is 1. The number of alkyl halides is 3. The van der Waals surface area contributed by atoms with Gasteiger partial charge in [-0.25, -0.2) is 26.8 Å². The number of anilines is 3. The Balaban J connectivity index is 1.17. The van der Waals surface area contributed by atoms with E-state index in [1.54, 1.807) is 20.2 Å². The van der Waals surface area contributed by atoms with Gasteiger partial charge in [-0.2, -0.15) is 17.9 Å². The van der Waals surface area contributed by atoms with Crippen molar-refractivity contribution in [2.75, 3.05) is 49.3 Å². The third kappa shape index (κ3) is 9.49. The molecule has 6 aromatic rings. The number of benzene rings is 4. The Kier molecular flexibility index (Phi) is 12.6. The maximum Gasteiger partial charge on any atom is 0.501 e. The molecule has 1 unspecified atom stereocenters. The number of aromatic nitrogens is 2. The topological polar surface area (TPSA) is 174 Å². The van der Waals surface area contributed by atoms with E-state index in [2.05, 4.69) is 20.3 Å². The number of rotatable bonds is 15. The first-order valence-electron chi connectivity index (χ1n) is 18.6. The molecule has 0 saturated heterocycles. The van der Waals surface area contributed by atoms with Crippen LogP contribution in [0.1, 0.15) is 50.3 Å². The number of sulfone groups is 1. The zero-order chi connectivity index (χ0) is 42.8. The summed E-state index contributed by atoms with van der Waals surface area (Å²) in [4.78, 5) is 25.1. The molecule has 1 atom stereocenters. The summed E-state index contributed by atoms with van der Waals surface area (Å²) in [7, 11) is -7.24. The van der Waals surface area contributed by atoms with Gasteiger partial charge in [0.15, 0.2) is 16.5 Å². The molecule has 0 bridgehead atoms. The van der Waals surface area contributed by atoms with Gasteiger partial charge in [0.2, 0.25) is 10.0 Å². The maximum atomic E-state index is 13.8. The van der Waals surface area contributed by atoms with E-state index >= 15 is 0 Å². The first-order chi connectivity index (χ1) is 28.5. The number of carbonyl (C=O) groups is 1. The van der Waals surface area contributed by atoms with Gasteiger partial charge in [0.1, 0.15) is 10.6 Å². The van der Waals surface area contributed by atoms with Gasteiger partial charge in [0, 0.05) is 36.5 Å². The molecule has 4 N–H and O–H groups in total. The number of hydrogen-bond donors (Lipinski definition) is 4. The average molecular weight is 900 g/mol. The molecule has 2 aromatic heterocycles. The molecule has 60 heavy (non-hydrogen) atoms. The zero-order valence-corrected chi connectivity index (χ0v) is 35.5. The van der Waals surface area contributed by atoms with Gasteiger partial charge in [-0.05, 0) is 86.6 Å². The third-order valence-electron chi connectivity index (χ3n) is 9.71. The first kappa shape index (κ1) is 43.1. The molecule has 13 nitrogen and oxygen atoms in total. The predicted molar refractivity (Wildman–Crippen MR) is 227 cm³/mol. The SMILES string of the molecule is CN(C)CCCNc1ccc(S(=O)(=O)NC(O)c2nc(N3CCc4cccc(C(=O)Nc5nc6ccccc6s5)c4C3)sc2Cc2ccccc2)cc1S(=O)(=O)C(F)(F)F. The molecule has 20 heteroatoms. The van der Waals surface area contributed by atoms with Crippen LogP contribution in [0.25, 0.3) is 10.2 Å². The Morgan fingerprint density at radius 2 is 1.70 bits per heavy atom. The average Bonchev–Trinajstić information content (AvgIpc) is 3.82. The van der Waals surface area contributed by atoms with E-state index < -0.39 is 47.1 Å². The van der Waals surface area contributed by atoms with Gasteiger partial charge in [0.05, 0.1) is 20.8 Å².